The van der Waals surface area contributed by atoms with Crippen LogP contribution in [0.25, 0.3) is 0 Å². The Hall–Kier alpha value is -3.64. The number of rotatable bonds is 5. The number of phenolic OH excluding ortho intramolecular Hbond substituents is 1. The number of nitrogens with two attached hydrogens (primary N) is 1. The van der Waals surface area contributed by atoms with E-state index < -0.39 is 0 Å². The van der Waals surface area contributed by atoms with E-state index in [4.69, 9.17) is 5.73 Å². The van der Waals surface area contributed by atoms with Gasteiger partial charge in [-0.1, -0.05) is 24.3 Å². The van der Waals surface area contributed by atoms with Crippen LogP contribution in [0.3, 0.4) is 0 Å². The van der Waals surface area contributed by atoms with E-state index in [1.807, 2.05) is 6.07 Å². The fourth-order valence-electron chi connectivity index (χ4n) is 2.55. The van der Waals surface area contributed by atoms with Crippen molar-refractivity contribution in [3.05, 3.63) is 89.5 Å². The molecule has 0 spiro atoms. The summed E-state index contributed by atoms with van der Waals surface area (Å²) in [6, 6.07) is 19.9. The van der Waals surface area contributed by atoms with Gasteiger partial charge in [-0.25, -0.2) is 0 Å². The zero-order valence-corrected chi connectivity index (χ0v) is 14.5. The first-order valence-corrected chi connectivity index (χ1v) is 8.36. The molecule has 0 aliphatic rings. The Morgan fingerprint density at radius 3 is 2.11 bits per heavy atom. The van der Waals surface area contributed by atoms with Crippen molar-refractivity contribution in [3.8, 4) is 5.75 Å². The normalized spacial score (nSPS) is 10.3. The predicted octanol–water partition coefficient (Wildman–Crippen LogP) is 3.36. The van der Waals surface area contributed by atoms with Crippen molar-refractivity contribution in [2.75, 3.05) is 10.6 Å². The molecule has 0 aliphatic carbocycles. The van der Waals surface area contributed by atoms with E-state index in [9.17, 15) is 14.7 Å². The van der Waals surface area contributed by atoms with Gasteiger partial charge in [-0.15, -0.1) is 0 Å². The number of hydrogen-bond acceptors (Lipinski definition) is 4. The molecule has 0 aliphatic heterocycles. The van der Waals surface area contributed by atoms with Gasteiger partial charge in [0.15, 0.2) is 0 Å². The molecule has 5 N–H and O–H groups in total. The quantitative estimate of drug-likeness (QED) is 0.559. The van der Waals surface area contributed by atoms with E-state index >= 15 is 0 Å². The van der Waals surface area contributed by atoms with Gasteiger partial charge in [-0.2, -0.15) is 0 Å². The molecule has 0 aromatic heterocycles. The van der Waals surface area contributed by atoms with Crippen LogP contribution in [0.5, 0.6) is 5.75 Å². The van der Waals surface area contributed by atoms with Crippen molar-refractivity contribution < 1.29 is 14.7 Å². The number of nitrogens with one attached hydrogen (secondary N) is 2. The summed E-state index contributed by atoms with van der Waals surface area (Å²) < 4.78 is 0. The van der Waals surface area contributed by atoms with E-state index in [0.717, 1.165) is 5.56 Å². The first kappa shape index (κ1) is 18.2. The summed E-state index contributed by atoms with van der Waals surface area (Å²) in [4.78, 5) is 24.7. The summed E-state index contributed by atoms with van der Waals surface area (Å²) in [6.07, 6.45) is 0. The second-order valence-electron chi connectivity index (χ2n) is 5.90. The van der Waals surface area contributed by atoms with Gasteiger partial charge in [-0.05, 0) is 54.1 Å². The van der Waals surface area contributed by atoms with Crippen LogP contribution in [0, 0.1) is 0 Å². The van der Waals surface area contributed by atoms with Crippen molar-refractivity contribution in [1.29, 1.82) is 0 Å². The Morgan fingerprint density at radius 2 is 1.44 bits per heavy atom. The summed E-state index contributed by atoms with van der Waals surface area (Å²) >= 11 is 0. The molecule has 2 amide bonds. The van der Waals surface area contributed by atoms with Gasteiger partial charge in [0, 0.05) is 29.0 Å². The van der Waals surface area contributed by atoms with Gasteiger partial charge in [0.1, 0.15) is 5.75 Å². The van der Waals surface area contributed by atoms with Gasteiger partial charge < -0.3 is 21.5 Å². The molecule has 0 radical (unpaired) electrons. The maximum atomic E-state index is 12.4. The maximum Gasteiger partial charge on any atom is 0.255 e. The minimum Gasteiger partial charge on any atom is -0.508 e. The molecule has 0 fully saturated rings. The Kier molecular flexibility index (Phi) is 5.49. The van der Waals surface area contributed by atoms with Crippen molar-refractivity contribution in [2.45, 2.75) is 6.54 Å². The number of benzene rings is 3. The van der Waals surface area contributed by atoms with Crippen molar-refractivity contribution in [3.63, 3.8) is 0 Å². The summed E-state index contributed by atoms with van der Waals surface area (Å²) in [5.74, 6) is -0.497. The number of carbonyl (C=O) groups excluding carboxylic acids is 2. The van der Waals surface area contributed by atoms with Crippen LogP contribution in [0.2, 0.25) is 0 Å². The summed E-state index contributed by atoms with van der Waals surface area (Å²) in [5, 5.41) is 14.9. The number of amides is 2. The van der Waals surface area contributed by atoms with Gasteiger partial charge >= 0.3 is 0 Å². The third-order valence-electron chi connectivity index (χ3n) is 4.00. The number of carbonyl (C=O) groups is 2. The second kappa shape index (κ2) is 8.16. The summed E-state index contributed by atoms with van der Waals surface area (Å²) in [5.41, 5.74) is 8.49. The van der Waals surface area contributed by atoms with Crippen LogP contribution < -0.4 is 16.4 Å². The van der Waals surface area contributed by atoms with Crippen LogP contribution >= 0.6 is 0 Å². The largest absolute Gasteiger partial charge is 0.508 e. The highest BCUT2D eigenvalue weighted by Gasteiger charge is 2.11. The van der Waals surface area contributed by atoms with Crippen LogP contribution in [-0.4, -0.2) is 16.9 Å². The zero-order chi connectivity index (χ0) is 19.2. The topological polar surface area (TPSA) is 104 Å². The molecule has 136 valence electrons. The molecule has 3 aromatic rings. The molecule has 27 heavy (non-hydrogen) atoms. The molecule has 6 heteroatoms. The highest BCUT2D eigenvalue weighted by Crippen LogP contribution is 2.22. The van der Waals surface area contributed by atoms with Crippen LogP contribution in [-0.2, 0) is 6.54 Å². The molecule has 0 heterocycles. The maximum absolute atomic E-state index is 12.4. The molecule has 0 saturated heterocycles. The number of hydrogen-bond donors (Lipinski definition) is 4. The molecule has 3 rings (SSSR count). The van der Waals surface area contributed by atoms with E-state index in [2.05, 4.69) is 10.6 Å². The van der Waals surface area contributed by atoms with E-state index in [0.29, 0.717) is 22.5 Å². The Morgan fingerprint density at radius 1 is 0.815 bits per heavy atom. The Labute approximate surface area is 156 Å². The molecule has 6 nitrogen and oxygen atoms in total. The van der Waals surface area contributed by atoms with Crippen molar-refractivity contribution in [2.24, 2.45) is 5.73 Å². The van der Waals surface area contributed by atoms with Gasteiger partial charge in [-0.3, -0.25) is 9.59 Å². The molecule has 0 bridgehead atoms. The van der Waals surface area contributed by atoms with Crippen molar-refractivity contribution >= 4 is 23.2 Å². The van der Waals surface area contributed by atoms with Crippen LogP contribution in [0.1, 0.15) is 26.3 Å². The van der Waals surface area contributed by atoms with Gasteiger partial charge in [0.2, 0.25) is 0 Å². The molecule has 0 saturated carbocycles. The minimum atomic E-state index is -0.337. The molecular weight excluding hydrogens is 342 g/mol. The van der Waals surface area contributed by atoms with E-state index in [1.54, 1.807) is 42.5 Å². The molecule has 3 aromatic carbocycles. The van der Waals surface area contributed by atoms with Gasteiger partial charge in [0.05, 0.1) is 0 Å². The third-order valence-corrected chi connectivity index (χ3v) is 4.00. The summed E-state index contributed by atoms with van der Waals surface area (Å²) in [7, 11) is 0. The lowest BCUT2D eigenvalue weighted by atomic mass is 10.1. The van der Waals surface area contributed by atoms with Crippen LogP contribution in [0.4, 0.5) is 11.4 Å². The van der Waals surface area contributed by atoms with E-state index in [1.165, 1.54) is 24.3 Å². The minimum absolute atomic E-state index is 0.0832. The Balaban J connectivity index is 1.80. The number of aromatic hydroxyl groups is 1. The monoisotopic (exact) mass is 361 g/mol. The lowest BCUT2D eigenvalue weighted by molar-refractivity contribution is 0.101. The lowest BCUT2D eigenvalue weighted by Crippen LogP contribution is -2.16. The smallest absolute Gasteiger partial charge is 0.255 e. The number of phenols is 1. The predicted molar refractivity (Wildman–Crippen MR) is 105 cm³/mol. The molecule has 0 atom stereocenters. The fourth-order valence-corrected chi connectivity index (χ4v) is 2.55. The molecular formula is C21H19N3O3. The molecule has 0 unspecified atom stereocenters. The fraction of sp³-hybridized carbons (Fsp3) is 0.0476. The van der Waals surface area contributed by atoms with Gasteiger partial charge in [0.25, 0.3) is 11.8 Å². The zero-order valence-electron chi connectivity index (χ0n) is 14.5. The average molecular weight is 361 g/mol. The standard InChI is InChI=1S/C21H19N3O3/c22-13-16-6-9-17(23-20(26)14-4-2-1-3-5-14)12-19(16)24-21(27)15-7-10-18(25)11-8-15/h1-12,25H,13,22H2,(H,23,26)(H,24,27). The first-order valence-electron chi connectivity index (χ1n) is 8.36. The first-order chi connectivity index (χ1) is 13.1. The third kappa shape index (κ3) is 4.50. The Bertz CT molecular complexity index is 954. The average Bonchev–Trinajstić information content (AvgIpc) is 2.69. The summed E-state index contributed by atoms with van der Waals surface area (Å²) in [6.45, 7) is 0.234. The highest BCUT2D eigenvalue weighted by molar-refractivity contribution is 6.06. The van der Waals surface area contributed by atoms with E-state index in [-0.39, 0.29) is 24.1 Å². The van der Waals surface area contributed by atoms with Crippen LogP contribution in [0.15, 0.2) is 72.8 Å². The second-order valence-corrected chi connectivity index (χ2v) is 5.90. The number of anilines is 2. The highest BCUT2D eigenvalue weighted by atomic mass is 16.3. The SMILES string of the molecule is NCc1ccc(NC(=O)c2ccccc2)cc1NC(=O)c1ccc(O)cc1. The van der Waals surface area contributed by atoms with Crippen molar-refractivity contribution in [1.82, 2.24) is 0 Å². The lowest BCUT2D eigenvalue weighted by Gasteiger charge is -2.13.